The molecule has 0 saturated heterocycles. The van der Waals surface area contributed by atoms with Gasteiger partial charge >= 0.3 is 0 Å². The third-order valence-corrected chi connectivity index (χ3v) is 3.52. The molecule has 1 aromatic heterocycles. The Bertz CT molecular complexity index is 643. The number of anilines is 1. The molecule has 0 fully saturated rings. The monoisotopic (exact) mass is 356 g/mol. The van der Waals surface area contributed by atoms with Crippen molar-refractivity contribution in [3.8, 4) is 0 Å². The minimum Gasteiger partial charge on any atom is -0.324 e. The molecule has 2 rings (SSSR count). The van der Waals surface area contributed by atoms with Gasteiger partial charge in [-0.2, -0.15) is 0 Å². The van der Waals surface area contributed by atoms with Crippen molar-refractivity contribution in [1.29, 1.82) is 0 Å². The topological polar surface area (TPSA) is 42.0 Å². The van der Waals surface area contributed by atoms with Crippen molar-refractivity contribution in [2.45, 2.75) is 13.3 Å². The Morgan fingerprint density at radius 2 is 2.15 bits per heavy atom. The van der Waals surface area contributed by atoms with Crippen LogP contribution in [0.15, 0.2) is 34.9 Å². The first kappa shape index (κ1) is 14.9. The maximum atomic E-state index is 13.6. The highest BCUT2D eigenvalue weighted by Gasteiger charge is 2.13. The Kier molecular flexibility index (Phi) is 4.73. The third-order valence-electron chi connectivity index (χ3n) is 2.72. The van der Waals surface area contributed by atoms with Crippen molar-refractivity contribution in [2.75, 3.05) is 5.32 Å². The number of amides is 1. The molecule has 1 amide bonds. The number of carbonyl (C=O) groups is 1. The lowest BCUT2D eigenvalue weighted by atomic mass is 10.1. The number of hydrogen-bond acceptors (Lipinski definition) is 2. The van der Waals surface area contributed by atoms with Crippen molar-refractivity contribution in [3.63, 3.8) is 0 Å². The molecule has 0 radical (unpaired) electrons. The number of benzene rings is 1. The second kappa shape index (κ2) is 6.33. The van der Waals surface area contributed by atoms with E-state index >= 15 is 0 Å². The van der Waals surface area contributed by atoms with Gasteiger partial charge in [0.05, 0.1) is 17.8 Å². The minimum absolute atomic E-state index is 0.124. The van der Waals surface area contributed by atoms with E-state index in [2.05, 4.69) is 26.2 Å². The molecule has 0 aliphatic heterocycles. The number of carbonyl (C=O) groups excluding carboxylic acids is 1. The summed E-state index contributed by atoms with van der Waals surface area (Å²) in [6, 6.07) is 7.79. The van der Waals surface area contributed by atoms with E-state index in [1.807, 2.05) is 0 Å². The molecular formula is C14H11BrClFN2O. The maximum Gasteiger partial charge on any atom is 0.229 e. The minimum atomic E-state index is -0.488. The van der Waals surface area contributed by atoms with Crippen molar-refractivity contribution >= 4 is 39.1 Å². The van der Waals surface area contributed by atoms with E-state index in [-0.39, 0.29) is 22.9 Å². The van der Waals surface area contributed by atoms with Crippen molar-refractivity contribution < 1.29 is 9.18 Å². The lowest BCUT2D eigenvalue weighted by Gasteiger charge is -2.09. The first-order chi connectivity index (χ1) is 9.47. The predicted molar refractivity (Wildman–Crippen MR) is 80.4 cm³/mol. The Morgan fingerprint density at radius 1 is 1.40 bits per heavy atom. The van der Waals surface area contributed by atoms with Crippen LogP contribution in [0, 0.1) is 12.7 Å². The summed E-state index contributed by atoms with van der Waals surface area (Å²) in [5.74, 6) is -0.831. The van der Waals surface area contributed by atoms with Crippen LogP contribution in [0.5, 0.6) is 0 Å². The number of hydrogen-bond donors (Lipinski definition) is 1. The van der Waals surface area contributed by atoms with Crippen LogP contribution in [-0.2, 0) is 11.2 Å². The Balaban J connectivity index is 2.13. The van der Waals surface area contributed by atoms with Gasteiger partial charge in [0, 0.05) is 10.6 Å². The molecule has 0 spiro atoms. The van der Waals surface area contributed by atoms with Gasteiger partial charge in [0.2, 0.25) is 5.91 Å². The number of nitrogens with zero attached hydrogens (tertiary/aromatic N) is 1. The van der Waals surface area contributed by atoms with Crippen LogP contribution in [0.2, 0.25) is 5.02 Å². The van der Waals surface area contributed by atoms with Crippen molar-refractivity contribution in [3.05, 3.63) is 57.0 Å². The SMILES string of the molecule is Cc1nc(Br)ccc1NC(=O)Cc1c(F)cccc1Cl. The van der Waals surface area contributed by atoms with Gasteiger partial charge in [-0.3, -0.25) is 4.79 Å². The third kappa shape index (κ3) is 3.55. The van der Waals surface area contributed by atoms with Gasteiger partial charge in [-0.05, 0) is 47.1 Å². The lowest BCUT2D eigenvalue weighted by Crippen LogP contribution is -2.16. The zero-order chi connectivity index (χ0) is 14.7. The molecular weight excluding hydrogens is 347 g/mol. The first-order valence-corrected chi connectivity index (χ1v) is 7.00. The van der Waals surface area contributed by atoms with Crippen LogP contribution in [0.4, 0.5) is 10.1 Å². The quantitative estimate of drug-likeness (QED) is 0.839. The summed E-state index contributed by atoms with van der Waals surface area (Å²) in [6.45, 7) is 1.77. The van der Waals surface area contributed by atoms with E-state index in [9.17, 15) is 9.18 Å². The molecule has 1 heterocycles. The lowest BCUT2D eigenvalue weighted by molar-refractivity contribution is -0.115. The van der Waals surface area contributed by atoms with Crippen LogP contribution >= 0.6 is 27.5 Å². The molecule has 3 nitrogen and oxygen atoms in total. The van der Waals surface area contributed by atoms with E-state index in [1.54, 1.807) is 25.1 Å². The van der Waals surface area contributed by atoms with Crippen molar-refractivity contribution in [1.82, 2.24) is 4.98 Å². The molecule has 104 valence electrons. The fraction of sp³-hybridized carbons (Fsp3) is 0.143. The average molecular weight is 358 g/mol. The number of pyridine rings is 1. The summed E-state index contributed by atoms with van der Waals surface area (Å²) in [5.41, 5.74) is 1.45. The van der Waals surface area contributed by atoms with E-state index in [0.29, 0.717) is 16.0 Å². The molecule has 0 saturated carbocycles. The molecule has 0 atom stereocenters. The molecule has 0 aliphatic carbocycles. The Hall–Kier alpha value is -1.46. The van der Waals surface area contributed by atoms with Gasteiger partial charge in [-0.1, -0.05) is 17.7 Å². The Morgan fingerprint density at radius 3 is 2.80 bits per heavy atom. The molecule has 6 heteroatoms. The van der Waals surface area contributed by atoms with Crippen LogP contribution < -0.4 is 5.32 Å². The first-order valence-electron chi connectivity index (χ1n) is 5.83. The molecule has 0 unspecified atom stereocenters. The summed E-state index contributed by atoms with van der Waals surface area (Å²) in [7, 11) is 0. The second-order valence-electron chi connectivity index (χ2n) is 4.19. The highest BCUT2D eigenvalue weighted by Crippen LogP contribution is 2.21. The number of nitrogens with one attached hydrogen (secondary N) is 1. The molecule has 0 aliphatic rings. The van der Waals surface area contributed by atoms with E-state index in [0.717, 1.165) is 0 Å². The van der Waals surface area contributed by atoms with Crippen molar-refractivity contribution in [2.24, 2.45) is 0 Å². The Labute approximate surface area is 129 Å². The standard InChI is InChI=1S/C14H11BrClFN2O/c1-8-12(5-6-13(15)18-8)19-14(20)7-9-10(16)3-2-4-11(9)17/h2-6H,7H2,1H3,(H,19,20). The summed E-state index contributed by atoms with van der Waals surface area (Å²) >= 11 is 9.13. The van der Waals surface area contributed by atoms with E-state index in [1.165, 1.54) is 12.1 Å². The van der Waals surface area contributed by atoms with Crippen LogP contribution in [-0.4, -0.2) is 10.9 Å². The normalized spacial score (nSPS) is 10.4. The fourth-order valence-electron chi connectivity index (χ4n) is 1.72. The number of rotatable bonds is 3. The van der Waals surface area contributed by atoms with Gasteiger partial charge in [-0.15, -0.1) is 0 Å². The summed E-state index contributed by atoms with van der Waals surface area (Å²) in [6.07, 6.45) is -0.124. The van der Waals surface area contributed by atoms with Gasteiger partial charge in [0.1, 0.15) is 10.4 Å². The van der Waals surface area contributed by atoms with Gasteiger partial charge < -0.3 is 5.32 Å². The molecule has 20 heavy (non-hydrogen) atoms. The predicted octanol–water partition coefficient (Wildman–Crippen LogP) is 4.13. The van der Waals surface area contributed by atoms with E-state index in [4.69, 9.17) is 11.6 Å². The summed E-state index contributed by atoms with van der Waals surface area (Å²) < 4.78 is 14.3. The zero-order valence-corrected chi connectivity index (χ0v) is 12.9. The highest BCUT2D eigenvalue weighted by molar-refractivity contribution is 9.10. The fourth-order valence-corrected chi connectivity index (χ4v) is 2.35. The second-order valence-corrected chi connectivity index (χ2v) is 5.41. The average Bonchev–Trinajstić information content (AvgIpc) is 2.37. The molecule has 0 bridgehead atoms. The van der Waals surface area contributed by atoms with E-state index < -0.39 is 5.82 Å². The number of aryl methyl sites for hydroxylation is 1. The van der Waals surface area contributed by atoms with Crippen LogP contribution in [0.25, 0.3) is 0 Å². The molecule has 2 aromatic rings. The highest BCUT2D eigenvalue weighted by atomic mass is 79.9. The maximum absolute atomic E-state index is 13.6. The number of aromatic nitrogens is 1. The van der Waals surface area contributed by atoms with Crippen LogP contribution in [0.3, 0.4) is 0 Å². The summed E-state index contributed by atoms with van der Waals surface area (Å²) in [4.78, 5) is 16.1. The van der Waals surface area contributed by atoms with Gasteiger partial charge in [-0.25, -0.2) is 9.37 Å². The van der Waals surface area contributed by atoms with Gasteiger partial charge in [0.25, 0.3) is 0 Å². The van der Waals surface area contributed by atoms with Gasteiger partial charge in [0.15, 0.2) is 0 Å². The molecule has 1 N–H and O–H groups in total. The summed E-state index contributed by atoms with van der Waals surface area (Å²) in [5, 5.41) is 2.93. The smallest absolute Gasteiger partial charge is 0.229 e. The zero-order valence-electron chi connectivity index (χ0n) is 10.6. The number of halogens is 3. The molecule has 1 aromatic carbocycles. The largest absolute Gasteiger partial charge is 0.324 e. The van der Waals surface area contributed by atoms with Crippen LogP contribution in [0.1, 0.15) is 11.3 Å².